The lowest BCUT2D eigenvalue weighted by Gasteiger charge is -2.09. The lowest BCUT2D eigenvalue weighted by Crippen LogP contribution is -2.03. The van der Waals surface area contributed by atoms with Crippen LogP contribution in [0.4, 0.5) is 5.82 Å². The van der Waals surface area contributed by atoms with E-state index in [1.807, 2.05) is 30.3 Å². The van der Waals surface area contributed by atoms with Crippen LogP contribution in [0.2, 0.25) is 0 Å². The van der Waals surface area contributed by atoms with Crippen molar-refractivity contribution in [3.8, 4) is 11.5 Å². The number of anilines is 1. The van der Waals surface area contributed by atoms with Gasteiger partial charge in [-0.15, -0.1) is 0 Å². The molecule has 1 N–H and O–H groups in total. The molecule has 1 aromatic carbocycles. The molecule has 0 unspecified atom stereocenters. The summed E-state index contributed by atoms with van der Waals surface area (Å²) in [5, 5.41) is 3.32. The molecule has 2 aromatic rings. The number of ether oxygens (including phenoxy) is 2. The zero-order chi connectivity index (χ0) is 14.9. The second-order valence-electron chi connectivity index (χ2n) is 4.79. The molecule has 0 aliphatic heterocycles. The van der Waals surface area contributed by atoms with Gasteiger partial charge in [0.05, 0.1) is 14.2 Å². The number of nitrogens with one attached hydrogen (secondary N) is 1. The Bertz CT molecular complexity index is 544. The number of unbranched alkanes of at least 4 members (excludes halogenated alkanes) is 1. The van der Waals surface area contributed by atoms with Crippen molar-refractivity contribution in [1.82, 2.24) is 4.98 Å². The molecule has 112 valence electrons. The minimum Gasteiger partial charge on any atom is -0.493 e. The van der Waals surface area contributed by atoms with Gasteiger partial charge in [-0.05, 0) is 49.1 Å². The summed E-state index contributed by atoms with van der Waals surface area (Å²) in [4.78, 5) is 4.23. The van der Waals surface area contributed by atoms with Crippen molar-refractivity contribution in [3.63, 3.8) is 0 Å². The lowest BCUT2D eigenvalue weighted by atomic mass is 10.1. The van der Waals surface area contributed by atoms with Gasteiger partial charge >= 0.3 is 0 Å². The summed E-state index contributed by atoms with van der Waals surface area (Å²) in [6, 6.07) is 12.0. The number of pyridine rings is 1. The van der Waals surface area contributed by atoms with Gasteiger partial charge in [-0.2, -0.15) is 0 Å². The summed E-state index contributed by atoms with van der Waals surface area (Å²) >= 11 is 0. The summed E-state index contributed by atoms with van der Waals surface area (Å²) in [7, 11) is 3.32. The third-order valence-electron chi connectivity index (χ3n) is 3.31. The average molecular weight is 286 g/mol. The van der Waals surface area contributed by atoms with E-state index in [4.69, 9.17) is 9.47 Å². The standard InChI is InChI=1S/C17H22N2O2/c1-20-15-10-9-14(13-16(15)21-2)7-3-5-11-18-17-8-4-6-12-19-17/h4,6,8-10,12-13H,3,5,7,11H2,1-2H3,(H,18,19). The molecule has 0 radical (unpaired) electrons. The van der Waals surface area contributed by atoms with Crippen molar-refractivity contribution in [2.24, 2.45) is 0 Å². The number of methoxy groups -OCH3 is 2. The van der Waals surface area contributed by atoms with E-state index in [-0.39, 0.29) is 0 Å². The molecule has 0 atom stereocenters. The molecule has 1 heterocycles. The minimum absolute atomic E-state index is 0.776. The fourth-order valence-corrected chi connectivity index (χ4v) is 2.17. The quantitative estimate of drug-likeness (QED) is 0.754. The van der Waals surface area contributed by atoms with Crippen molar-refractivity contribution in [2.45, 2.75) is 19.3 Å². The van der Waals surface area contributed by atoms with E-state index in [1.54, 1.807) is 20.4 Å². The molecule has 0 spiro atoms. The highest BCUT2D eigenvalue weighted by atomic mass is 16.5. The van der Waals surface area contributed by atoms with Crippen LogP contribution in [0.5, 0.6) is 11.5 Å². The van der Waals surface area contributed by atoms with Gasteiger partial charge in [0, 0.05) is 12.7 Å². The van der Waals surface area contributed by atoms with E-state index in [0.29, 0.717) is 0 Å². The summed E-state index contributed by atoms with van der Waals surface area (Å²) in [5.74, 6) is 2.50. The zero-order valence-electron chi connectivity index (χ0n) is 12.6. The van der Waals surface area contributed by atoms with E-state index >= 15 is 0 Å². The summed E-state index contributed by atoms with van der Waals surface area (Å²) in [5.41, 5.74) is 1.27. The van der Waals surface area contributed by atoms with E-state index < -0.39 is 0 Å². The van der Waals surface area contributed by atoms with Crippen molar-refractivity contribution in [2.75, 3.05) is 26.1 Å². The molecule has 0 saturated heterocycles. The van der Waals surface area contributed by atoms with Crippen molar-refractivity contribution < 1.29 is 9.47 Å². The molecule has 4 heteroatoms. The fourth-order valence-electron chi connectivity index (χ4n) is 2.17. The molecule has 2 rings (SSSR count). The predicted molar refractivity (Wildman–Crippen MR) is 85.2 cm³/mol. The van der Waals surface area contributed by atoms with Crippen LogP contribution in [0, 0.1) is 0 Å². The topological polar surface area (TPSA) is 43.4 Å². The third kappa shape index (κ3) is 4.67. The highest BCUT2D eigenvalue weighted by molar-refractivity contribution is 5.42. The fraction of sp³-hybridized carbons (Fsp3) is 0.353. The molecule has 4 nitrogen and oxygen atoms in total. The molecular formula is C17H22N2O2. The van der Waals surface area contributed by atoms with Crippen LogP contribution >= 0.6 is 0 Å². The van der Waals surface area contributed by atoms with Gasteiger partial charge in [0.2, 0.25) is 0 Å². The molecule has 21 heavy (non-hydrogen) atoms. The number of benzene rings is 1. The van der Waals surface area contributed by atoms with Gasteiger partial charge in [0.1, 0.15) is 5.82 Å². The Balaban J connectivity index is 1.73. The number of hydrogen-bond donors (Lipinski definition) is 1. The number of hydrogen-bond acceptors (Lipinski definition) is 4. The van der Waals surface area contributed by atoms with Gasteiger partial charge in [-0.25, -0.2) is 4.98 Å². The molecule has 0 aliphatic carbocycles. The van der Waals surface area contributed by atoms with Crippen molar-refractivity contribution >= 4 is 5.82 Å². The van der Waals surface area contributed by atoms with E-state index in [9.17, 15) is 0 Å². The van der Waals surface area contributed by atoms with Crippen LogP contribution in [0.25, 0.3) is 0 Å². The molecular weight excluding hydrogens is 264 g/mol. The monoisotopic (exact) mass is 286 g/mol. The summed E-state index contributed by atoms with van der Waals surface area (Å²) in [6.07, 6.45) is 5.05. The van der Waals surface area contributed by atoms with Crippen LogP contribution in [0.1, 0.15) is 18.4 Å². The van der Waals surface area contributed by atoms with Gasteiger partial charge in [0.15, 0.2) is 11.5 Å². The second-order valence-corrected chi connectivity index (χ2v) is 4.79. The van der Waals surface area contributed by atoms with Crippen LogP contribution in [0.3, 0.4) is 0 Å². The number of rotatable bonds is 8. The Labute approximate surface area is 126 Å². The first kappa shape index (κ1) is 15.2. The maximum absolute atomic E-state index is 5.32. The highest BCUT2D eigenvalue weighted by Crippen LogP contribution is 2.28. The normalized spacial score (nSPS) is 10.2. The zero-order valence-corrected chi connectivity index (χ0v) is 12.6. The molecule has 0 bridgehead atoms. The van der Waals surface area contributed by atoms with Crippen LogP contribution in [0.15, 0.2) is 42.6 Å². The lowest BCUT2D eigenvalue weighted by molar-refractivity contribution is 0.354. The number of nitrogens with zero attached hydrogens (tertiary/aromatic N) is 1. The molecule has 0 aliphatic rings. The second kappa shape index (κ2) is 8.15. The minimum atomic E-state index is 0.776. The van der Waals surface area contributed by atoms with Gasteiger partial charge in [-0.3, -0.25) is 0 Å². The molecule has 0 saturated carbocycles. The summed E-state index contributed by atoms with van der Waals surface area (Å²) in [6.45, 7) is 0.935. The predicted octanol–water partition coefficient (Wildman–Crippen LogP) is 3.53. The highest BCUT2D eigenvalue weighted by Gasteiger charge is 2.04. The van der Waals surface area contributed by atoms with E-state index in [0.717, 1.165) is 43.1 Å². The Morgan fingerprint density at radius 2 is 1.86 bits per heavy atom. The maximum atomic E-state index is 5.32. The smallest absolute Gasteiger partial charge is 0.160 e. The Hall–Kier alpha value is -2.23. The van der Waals surface area contributed by atoms with Gasteiger partial charge in [-0.1, -0.05) is 12.1 Å². The van der Waals surface area contributed by atoms with Gasteiger partial charge < -0.3 is 14.8 Å². The maximum Gasteiger partial charge on any atom is 0.160 e. The molecule has 0 amide bonds. The first-order valence-corrected chi connectivity index (χ1v) is 7.19. The summed E-state index contributed by atoms with van der Waals surface area (Å²) < 4.78 is 10.6. The number of aryl methyl sites for hydroxylation is 1. The van der Waals surface area contributed by atoms with Crippen LogP contribution in [-0.4, -0.2) is 25.7 Å². The number of aromatic nitrogens is 1. The Morgan fingerprint density at radius 1 is 1.00 bits per heavy atom. The Morgan fingerprint density at radius 3 is 2.57 bits per heavy atom. The van der Waals surface area contributed by atoms with Crippen molar-refractivity contribution in [3.05, 3.63) is 48.2 Å². The van der Waals surface area contributed by atoms with Crippen LogP contribution < -0.4 is 14.8 Å². The molecule has 0 fully saturated rings. The van der Waals surface area contributed by atoms with E-state index in [1.165, 1.54) is 5.56 Å². The largest absolute Gasteiger partial charge is 0.493 e. The SMILES string of the molecule is COc1ccc(CCCCNc2ccccn2)cc1OC. The third-order valence-corrected chi connectivity index (χ3v) is 3.31. The van der Waals surface area contributed by atoms with Crippen LogP contribution in [-0.2, 0) is 6.42 Å². The van der Waals surface area contributed by atoms with Gasteiger partial charge in [0.25, 0.3) is 0 Å². The Kier molecular flexibility index (Phi) is 5.88. The van der Waals surface area contributed by atoms with E-state index in [2.05, 4.69) is 16.4 Å². The average Bonchev–Trinajstić information content (AvgIpc) is 2.55. The first-order chi connectivity index (χ1) is 10.3. The van der Waals surface area contributed by atoms with Crippen molar-refractivity contribution in [1.29, 1.82) is 0 Å². The first-order valence-electron chi connectivity index (χ1n) is 7.19. The molecule has 1 aromatic heterocycles.